The monoisotopic (exact) mass is 421 g/mol. The van der Waals surface area contributed by atoms with Gasteiger partial charge in [0.15, 0.2) is 0 Å². The number of allylic oxidation sites excluding steroid dienone is 1. The summed E-state index contributed by atoms with van der Waals surface area (Å²) < 4.78 is 5.28. The van der Waals surface area contributed by atoms with Crippen LogP contribution in [-0.4, -0.2) is 37.6 Å². The summed E-state index contributed by atoms with van der Waals surface area (Å²) in [7, 11) is -1.26. The first-order chi connectivity index (χ1) is 14.3. The Kier molecular flexibility index (Phi) is 7.27. The minimum absolute atomic E-state index is 0.172. The normalized spacial score (nSPS) is 17.9. The average Bonchev–Trinajstić information content (AvgIpc) is 3.07. The zero-order chi connectivity index (χ0) is 21.6. The number of benzene rings is 2. The van der Waals surface area contributed by atoms with Gasteiger partial charge in [0.1, 0.15) is 6.61 Å². The van der Waals surface area contributed by atoms with Crippen LogP contribution in [0.3, 0.4) is 0 Å². The fraction of sp³-hybridized carbons (Fsp3) is 0.360. The molecule has 5 heteroatoms. The Hall–Kier alpha value is -2.66. The number of cyclic esters (lactones) is 1. The summed E-state index contributed by atoms with van der Waals surface area (Å²) in [5.74, 6) is -0.554. The van der Waals surface area contributed by atoms with Gasteiger partial charge in [-0.1, -0.05) is 92.5 Å². The topological polar surface area (TPSA) is 46.6 Å². The highest BCUT2D eigenvalue weighted by molar-refractivity contribution is 6.76. The zero-order valence-corrected chi connectivity index (χ0v) is 19.1. The van der Waals surface area contributed by atoms with Crippen LogP contribution in [0.5, 0.6) is 0 Å². The van der Waals surface area contributed by atoms with Gasteiger partial charge in [0.05, 0.1) is 12.0 Å². The number of ether oxygens (including phenoxy) is 1. The molecule has 158 valence electrons. The maximum Gasteiger partial charge on any atom is 0.417 e. The first-order valence-electron chi connectivity index (χ1n) is 10.6. The molecule has 1 heterocycles. The third-order valence-corrected chi connectivity index (χ3v) is 6.69. The smallest absolute Gasteiger partial charge is 0.417 e. The van der Waals surface area contributed by atoms with Gasteiger partial charge in [0, 0.05) is 8.07 Å². The van der Waals surface area contributed by atoms with Gasteiger partial charge in [0.25, 0.3) is 0 Å². The van der Waals surface area contributed by atoms with Gasteiger partial charge in [-0.3, -0.25) is 4.79 Å². The highest BCUT2D eigenvalue weighted by atomic mass is 28.3. The van der Waals surface area contributed by atoms with Gasteiger partial charge in [-0.15, -0.1) is 0 Å². The molecule has 4 nitrogen and oxygen atoms in total. The predicted molar refractivity (Wildman–Crippen MR) is 123 cm³/mol. The number of carbonyl (C=O) groups excluding carboxylic acids is 2. The number of hydrogen-bond donors (Lipinski definition) is 0. The third kappa shape index (κ3) is 6.17. The molecular weight excluding hydrogens is 390 g/mol. The van der Waals surface area contributed by atoms with Crippen molar-refractivity contribution >= 4 is 20.1 Å². The molecule has 0 aliphatic carbocycles. The van der Waals surface area contributed by atoms with E-state index in [1.165, 1.54) is 4.90 Å². The molecule has 0 spiro atoms. The number of imide groups is 1. The Morgan fingerprint density at radius 3 is 2.27 bits per heavy atom. The van der Waals surface area contributed by atoms with Crippen molar-refractivity contribution in [3.8, 4) is 0 Å². The average molecular weight is 422 g/mol. The Morgan fingerprint density at radius 1 is 1.07 bits per heavy atom. The molecule has 1 aliphatic rings. The van der Waals surface area contributed by atoms with Crippen molar-refractivity contribution in [2.24, 2.45) is 5.92 Å². The maximum absolute atomic E-state index is 13.5. The first kappa shape index (κ1) is 22.0. The van der Waals surface area contributed by atoms with Crippen LogP contribution >= 0.6 is 0 Å². The number of amides is 2. The van der Waals surface area contributed by atoms with E-state index in [1.54, 1.807) is 0 Å². The van der Waals surface area contributed by atoms with Crippen LogP contribution in [0.15, 0.2) is 72.8 Å². The van der Waals surface area contributed by atoms with E-state index >= 15 is 0 Å². The summed E-state index contributed by atoms with van der Waals surface area (Å²) in [4.78, 5) is 27.3. The van der Waals surface area contributed by atoms with Gasteiger partial charge in [-0.05, 0) is 30.0 Å². The highest BCUT2D eigenvalue weighted by Crippen LogP contribution is 2.23. The number of hydrogen-bond acceptors (Lipinski definition) is 3. The van der Waals surface area contributed by atoms with E-state index in [-0.39, 0.29) is 24.5 Å². The van der Waals surface area contributed by atoms with Crippen LogP contribution in [0.1, 0.15) is 11.1 Å². The molecule has 2 aromatic carbocycles. The molecule has 30 heavy (non-hydrogen) atoms. The van der Waals surface area contributed by atoms with Crippen molar-refractivity contribution in [1.82, 2.24) is 4.90 Å². The largest absolute Gasteiger partial charge is 0.447 e. The number of rotatable bonds is 8. The van der Waals surface area contributed by atoms with E-state index in [2.05, 4.69) is 25.7 Å². The SMILES string of the molecule is C[Si](C)(C)C/C=C/C(Cc1ccccc1)C(=O)N1C(=O)OC[C@H]1Cc1ccccc1. The van der Waals surface area contributed by atoms with Crippen molar-refractivity contribution in [3.05, 3.63) is 83.9 Å². The second-order valence-electron chi connectivity index (χ2n) is 9.12. The number of nitrogens with zero attached hydrogens (tertiary/aromatic N) is 1. The molecule has 0 aromatic heterocycles. The summed E-state index contributed by atoms with van der Waals surface area (Å²) in [5, 5.41) is 0. The Morgan fingerprint density at radius 2 is 1.67 bits per heavy atom. The van der Waals surface area contributed by atoms with Crippen molar-refractivity contribution in [2.75, 3.05) is 6.61 Å². The number of carbonyl (C=O) groups is 2. The zero-order valence-electron chi connectivity index (χ0n) is 18.1. The molecule has 0 radical (unpaired) electrons. The minimum atomic E-state index is -1.26. The van der Waals surface area contributed by atoms with Crippen molar-refractivity contribution < 1.29 is 14.3 Å². The fourth-order valence-electron chi connectivity index (χ4n) is 3.64. The maximum atomic E-state index is 13.5. The Bertz CT molecular complexity index is 874. The van der Waals surface area contributed by atoms with Crippen molar-refractivity contribution in [2.45, 2.75) is 44.6 Å². The minimum Gasteiger partial charge on any atom is -0.447 e. The Labute approximate surface area is 180 Å². The second-order valence-corrected chi connectivity index (χ2v) is 14.6. The molecule has 2 amide bonds. The molecule has 0 bridgehead atoms. The molecule has 2 aromatic rings. The first-order valence-corrected chi connectivity index (χ1v) is 14.3. The van der Waals surface area contributed by atoms with Crippen LogP contribution in [0, 0.1) is 5.92 Å². The highest BCUT2D eigenvalue weighted by Gasteiger charge is 2.40. The van der Waals surface area contributed by atoms with Crippen LogP contribution in [0.2, 0.25) is 25.7 Å². The molecule has 1 unspecified atom stereocenters. The molecule has 1 fully saturated rings. The van der Waals surface area contributed by atoms with Crippen molar-refractivity contribution in [1.29, 1.82) is 0 Å². The van der Waals surface area contributed by atoms with Crippen molar-refractivity contribution in [3.63, 3.8) is 0 Å². The summed E-state index contributed by atoms with van der Waals surface area (Å²) in [6.07, 6.45) is 4.78. The van der Waals surface area contributed by atoms with Gasteiger partial charge in [0.2, 0.25) is 5.91 Å². The summed E-state index contributed by atoms with van der Waals surface area (Å²) in [6, 6.07) is 20.6. The summed E-state index contributed by atoms with van der Waals surface area (Å²) in [6.45, 7) is 7.16. The van der Waals surface area contributed by atoms with Crippen LogP contribution in [-0.2, 0) is 22.4 Å². The fourth-order valence-corrected chi connectivity index (χ4v) is 4.48. The standard InChI is InChI=1S/C25H31NO3Si/c1-30(2,3)16-10-15-22(17-20-11-6-4-7-12-20)24(27)26-23(19-29-25(26)28)18-21-13-8-5-9-14-21/h4-15,22-23H,16-19H2,1-3H3/b15-10+/t22?,23-/m1/s1. The summed E-state index contributed by atoms with van der Waals surface area (Å²) >= 11 is 0. The third-order valence-electron chi connectivity index (χ3n) is 5.23. The second kappa shape index (κ2) is 9.89. The molecular formula is C25H31NO3Si. The lowest BCUT2D eigenvalue weighted by atomic mass is 9.96. The molecule has 1 saturated heterocycles. The van der Waals surface area contributed by atoms with E-state index in [4.69, 9.17) is 4.74 Å². The molecule has 0 N–H and O–H groups in total. The van der Waals surface area contributed by atoms with Crippen LogP contribution < -0.4 is 0 Å². The van der Waals surface area contributed by atoms with Crippen LogP contribution in [0.25, 0.3) is 0 Å². The van der Waals surface area contributed by atoms with E-state index in [9.17, 15) is 9.59 Å². The quantitative estimate of drug-likeness (QED) is 0.427. The molecule has 1 aliphatic heterocycles. The lowest BCUT2D eigenvalue weighted by Crippen LogP contribution is -2.43. The molecule has 2 atom stereocenters. The van der Waals surface area contributed by atoms with Crippen LogP contribution in [0.4, 0.5) is 4.79 Å². The lowest BCUT2D eigenvalue weighted by molar-refractivity contribution is -0.131. The van der Waals surface area contributed by atoms with E-state index in [1.807, 2.05) is 66.7 Å². The molecule has 3 rings (SSSR count). The van der Waals surface area contributed by atoms with Gasteiger partial charge < -0.3 is 4.74 Å². The predicted octanol–water partition coefficient (Wildman–Crippen LogP) is 5.33. The van der Waals surface area contributed by atoms with E-state index in [0.29, 0.717) is 12.8 Å². The van der Waals surface area contributed by atoms with E-state index in [0.717, 1.165) is 17.2 Å². The van der Waals surface area contributed by atoms with Gasteiger partial charge >= 0.3 is 6.09 Å². The van der Waals surface area contributed by atoms with E-state index < -0.39 is 14.2 Å². The lowest BCUT2D eigenvalue weighted by Gasteiger charge is -2.24. The van der Waals surface area contributed by atoms with Gasteiger partial charge in [-0.25, -0.2) is 9.69 Å². The molecule has 0 saturated carbocycles. The summed E-state index contributed by atoms with van der Waals surface area (Å²) in [5.41, 5.74) is 2.17. The van der Waals surface area contributed by atoms with Gasteiger partial charge in [-0.2, -0.15) is 0 Å². The Balaban J connectivity index is 1.80.